The van der Waals surface area contributed by atoms with E-state index >= 15 is 0 Å². The minimum Gasteiger partial charge on any atom is -0.289 e. The van der Waals surface area contributed by atoms with Crippen LogP contribution in [-0.4, -0.2) is 11.4 Å². The number of fused-ring (bicyclic) bond motifs is 15. The van der Waals surface area contributed by atoms with Crippen LogP contribution in [0.1, 0.15) is 15.9 Å². The number of ketones is 1. The molecule has 9 heteroatoms. The van der Waals surface area contributed by atoms with E-state index in [0.717, 1.165) is 0 Å². The molecule has 0 fully saturated rings. The number of rotatable bonds is 1. The van der Waals surface area contributed by atoms with Gasteiger partial charge in [0.05, 0.1) is 6.89 Å². The third kappa shape index (κ3) is 1.33. The van der Waals surface area contributed by atoms with Crippen molar-refractivity contribution in [2.45, 2.75) is 0 Å². The number of carbonyl (C=O) groups is 1. The molecule has 0 bridgehead atoms. The van der Waals surface area contributed by atoms with Gasteiger partial charge in [0.2, 0.25) is 0 Å². The van der Waals surface area contributed by atoms with Crippen LogP contribution in [0.3, 0.4) is 0 Å². The molecule has 0 unspecified atom stereocenters. The molecule has 0 saturated heterocycles. The molecule has 0 aliphatic carbocycles. The fraction of sp³-hybridized carbons (Fsp3) is 0. The standard InChI is InChI=1S/C26HO8P/c27-2-35(4-1-3-5(18(3)28)7-6(4)19(7)29)25-14-12(22(14)32)8-10(20(8)30)16(25)24(34)17-11-9(21(11)31)13-15(23(13)33)26(17)35/h1H. The van der Waals surface area contributed by atoms with Gasteiger partial charge in [0.15, 0.2) is 38.4 Å². The Hall–Kier alpha value is -4.64. The van der Waals surface area contributed by atoms with Crippen molar-refractivity contribution in [3.63, 3.8) is 0 Å². The molecule has 0 atom stereocenters. The van der Waals surface area contributed by atoms with Gasteiger partial charge in [-0.1, -0.05) is 0 Å². The fourth-order valence-electron chi connectivity index (χ4n) is 6.48. The Morgan fingerprint density at radius 3 is 1.43 bits per heavy atom. The average molecular weight is 472 g/mol. The molecule has 0 amide bonds. The van der Waals surface area contributed by atoms with Crippen LogP contribution < -0.4 is 48.5 Å². The van der Waals surface area contributed by atoms with Gasteiger partial charge in [0.25, 0.3) is 0 Å². The zero-order chi connectivity index (χ0) is 23.8. The highest BCUT2D eigenvalue weighted by Gasteiger charge is 2.53. The Balaban J connectivity index is 1.56. The largest absolute Gasteiger partial charge is 0.289 e. The third-order valence-electron chi connectivity index (χ3n) is 8.24. The molecule has 1 heterocycles. The highest BCUT2D eigenvalue weighted by Crippen LogP contribution is 2.57. The van der Waals surface area contributed by atoms with Crippen LogP contribution in [0, 0.1) is 0 Å². The van der Waals surface area contributed by atoms with Crippen molar-refractivity contribution in [3.8, 4) is 0 Å². The normalized spacial score (nSPS) is 16.4. The Bertz CT molecular complexity index is 2720. The van der Waals surface area contributed by atoms with E-state index in [9.17, 15) is 38.4 Å². The van der Waals surface area contributed by atoms with Crippen molar-refractivity contribution in [1.82, 2.24) is 0 Å². The first kappa shape index (κ1) is 16.9. The second-order valence-corrected chi connectivity index (χ2v) is 12.5. The summed E-state index contributed by atoms with van der Waals surface area (Å²) in [6.07, 6.45) is 0. The van der Waals surface area contributed by atoms with Crippen LogP contribution in [0.5, 0.6) is 0 Å². The van der Waals surface area contributed by atoms with Crippen LogP contribution in [-0.2, 0) is 4.79 Å². The first-order valence-electron chi connectivity index (χ1n) is 10.6. The minimum atomic E-state index is -3.82. The lowest BCUT2D eigenvalue weighted by Gasteiger charge is -2.29. The molecule has 0 N–H and O–H groups in total. The molecule has 0 aromatic heterocycles. The SMILES string of the molecule is O=C=P1(c2cc3c(=O)c3c3c(=O)c23)c2c(c3c(=O)c3c3c(=O)c23)C(=O)c2c1c1c(=O)c1c1c(=O)c21. The molecular weight excluding hydrogens is 471 g/mol. The maximum Gasteiger partial charge on any atom is 0.196 e. The molecule has 0 spiro atoms. The Labute approximate surface area is 187 Å². The van der Waals surface area contributed by atoms with Crippen LogP contribution in [0.25, 0.3) is 64.6 Å². The van der Waals surface area contributed by atoms with Gasteiger partial charge in [-0.05, 0) is 6.07 Å². The predicted octanol–water partition coefficient (Wildman–Crippen LogP) is -1.07. The fourth-order valence-corrected chi connectivity index (χ4v) is 10.5. The summed E-state index contributed by atoms with van der Waals surface area (Å²) in [4.78, 5) is 103. The van der Waals surface area contributed by atoms with Crippen LogP contribution >= 0.6 is 6.89 Å². The van der Waals surface area contributed by atoms with Gasteiger partial charge in [-0.15, -0.1) is 0 Å². The lowest BCUT2D eigenvalue weighted by atomic mass is 10.0. The first-order valence-corrected chi connectivity index (χ1v) is 12.4. The highest BCUT2D eigenvalue weighted by molar-refractivity contribution is 7.95. The van der Waals surface area contributed by atoms with E-state index < -0.39 is 39.8 Å². The van der Waals surface area contributed by atoms with Crippen molar-refractivity contribution >= 4 is 98.9 Å². The topological polar surface area (TPSA) is 137 Å². The third-order valence-corrected chi connectivity index (χ3v) is 11.8. The summed E-state index contributed by atoms with van der Waals surface area (Å²) in [6, 6.07) is 1.43. The van der Waals surface area contributed by atoms with E-state index in [-0.39, 0.29) is 91.7 Å². The monoisotopic (exact) mass is 472 g/mol. The summed E-state index contributed by atoms with van der Waals surface area (Å²) in [6.45, 7) is -3.82. The predicted molar refractivity (Wildman–Crippen MR) is 131 cm³/mol. The molecule has 0 saturated carbocycles. The molecule has 9 aromatic rings. The van der Waals surface area contributed by atoms with Crippen molar-refractivity contribution in [2.75, 3.05) is 0 Å². The Morgan fingerprint density at radius 2 is 0.914 bits per heavy atom. The van der Waals surface area contributed by atoms with Crippen molar-refractivity contribution in [1.29, 1.82) is 0 Å². The van der Waals surface area contributed by atoms with Gasteiger partial charge in [-0.2, -0.15) is 0 Å². The minimum absolute atomic E-state index is 0.0412. The number of benzene rings is 3. The second-order valence-electron chi connectivity index (χ2n) is 9.58. The zero-order valence-electron chi connectivity index (χ0n) is 16.8. The molecule has 158 valence electrons. The van der Waals surface area contributed by atoms with Crippen LogP contribution in [0.4, 0.5) is 0 Å². The van der Waals surface area contributed by atoms with E-state index in [0.29, 0.717) is 5.39 Å². The first-order chi connectivity index (χ1) is 16.8. The lowest BCUT2D eigenvalue weighted by molar-refractivity contribution is 0.104. The van der Waals surface area contributed by atoms with Crippen LogP contribution in [0.15, 0.2) is 34.8 Å². The van der Waals surface area contributed by atoms with Crippen molar-refractivity contribution < 1.29 is 9.59 Å². The summed E-state index contributed by atoms with van der Waals surface area (Å²) < 4.78 is 0. The quantitative estimate of drug-likeness (QED) is 0.276. The van der Waals surface area contributed by atoms with E-state index in [1.54, 1.807) is 0 Å². The maximum absolute atomic E-state index is 13.8. The van der Waals surface area contributed by atoms with Gasteiger partial charge in [-0.25, -0.2) is 4.79 Å². The Morgan fingerprint density at radius 1 is 0.486 bits per heavy atom. The lowest BCUT2D eigenvalue weighted by Crippen LogP contribution is -2.37. The number of carbonyl (C=O) groups excluding carboxylic acids is 2. The van der Waals surface area contributed by atoms with Crippen molar-refractivity contribution in [2.24, 2.45) is 0 Å². The molecule has 35 heavy (non-hydrogen) atoms. The second kappa shape index (κ2) is 4.16. The summed E-state index contributed by atoms with van der Waals surface area (Å²) in [5.41, 5.74) is -0.733. The van der Waals surface area contributed by atoms with Crippen molar-refractivity contribution in [3.05, 3.63) is 78.5 Å². The van der Waals surface area contributed by atoms with Gasteiger partial charge in [-0.3, -0.25) is 33.6 Å². The number of hydrogen-bond donors (Lipinski definition) is 0. The highest BCUT2D eigenvalue weighted by atomic mass is 31.2. The summed E-state index contributed by atoms with van der Waals surface area (Å²) in [7, 11) is 0. The van der Waals surface area contributed by atoms with E-state index in [4.69, 9.17) is 0 Å². The molecule has 1 aliphatic rings. The molecular formula is C26HO8P. The molecule has 10 rings (SSSR count). The van der Waals surface area contributed by atoms with E-state index in [1.807, 2.05) is 0 Å². The Kier molecular flexibility index (Phi) is 2.01. The molecule has 9 aromatic carbocycles. The van der Waals surface area contributed by atoms with E-state index in [1.165, 1.54) is 6.07 Å². The zero-order valence-corrected chi connectivity index (χ0v) is 17.7. The van der Waals surface area contributed by atoms with Crippen LogP contribution in [0.2, 0.25) is 0 Å². The average Bonchev–Trinajstić information content (AvgIpc) is 3.53. The van der Waals surface area contributed by atoms with Gasteiger partial charge in [0.1, 0.15) is 5.66 Å². The summed E-state index contributed by atoms with van der Waals surface area (Å²) in [5, 5.41) is 2.07. The molecule has 1 aliphatic heterocycles. The maximum atomic E-state index is 13.8. The number of hydrogen-bond acceptors (Lipinski definition) is 8. The smallest absolute Gasteiger partial charge is 0.196 e. The summed E-state index contributed by atoms with van der Waals surface area (Å²) >= 11 is 0. The molecule has 0 radical (unpaired) electrons. The van der Waals surface area contributed by atoms with Gasteiger partial charge < -0.3 is 0 Å². The van der Waals surface area contributed by atoms with E-state index in [2.05, 4.69) is 5.66 Å². The summed E-state index contributed by atoms with van der Waals surface area (Å²) in [5.74, 6) is -0.676. The van der Waals surface area contributed by atoms with Gasteiger partial charge >= 0.3 is 0 Å². The molecule has 8 nitrogen and oxygen atoms in total. The van der Waals surface area contributed by atoms with Gasteiger partial charge in [0, 0.05) is 91.7 Å².